The Morgan fingerprint density at radius 2 is 1.94 bits per heavy atom. The number of methoxy groups -OCH3 is 1. The van der Waals surface area contributed by atoms with Crippen LogP contribution in [-0.2, 0) is 5.60 Å². The lowest BCUT2D eigenvalue weighted by Gasteiger charge is -2.35. The summed E-state index contributed by atoms with van der Waals surface area (Å²) in [6.07, 6.45) is 8.34. The first-order valence-corrected chi connectivity index (χ1v) is 6.27. The fourth-order valence-corrected chi connectivity index (χ4v) is 2.51. The molecule has 0 unspecified atom stereocenters. The Balaban J connectivity index is 2.10. The summed E-state index contributed by atoms with van der Waals surface area (Å²) in [6.45, 7) is 2.21. The van der Waals surface area contributed by atoms with Crippen LogP contribution in [-0.4, -0.2) is 22.2 Å². The molecule has 0 aromatic carbocycles. The number of rotatable bonds is 3. The first-order chi connectivity index (χ1) is 8.18. The molecule has 0 bridgehead atoms. The van der Waals surface area contributed by atoms with Gasteiger partial charge in [-0.15, -0.1) is 0 Å². The SMILES string of the molecule is CCC1CCC(O)(c2cnc(OC)nc2)CC1. The number of nitrogens with zero attached hydrogens (tertiary/aromatic N) is 2. The maximum atomic E-state index is 10.6. The van der Waals surface area contributed by atoms with E-state index in [1.165, 1.54) is 13.5 Å². The van der Waals surface area contributed by atoms with Gasteiger partial charge in [-0.3, -0.25) is 0 Å². The molecule has 4 nitrogen and oxygen atoms in total. The Morgan fingerprint density at radius 3 is 2.41 bits per heavy atom. The molecular formula is C13H20N2O2. The van der Waals surface area contributed by atoms with Gasteiger partial charge in [0.2, 0.25) is 0 Å². The predicted molar refractivity (Wildman–Crippen MR) is 64.7 cm³/mol. The molecule has 1 heterocycles. The van der Waals surface area contributed by atoms with E-state index >= 15 is 0 Å². The first-order valence-electron chi connectivity index (χ1n) is 6.27. The van der Waals surface area contributed by atoms with Gasteiger partial charge in [-0.05, 0) is 31.6 Å². The summed E-state index contributed by atoms with van der Waals surface area (Å²) in [5.74, 6) is 0.759. The number of hydrogen-bond acceptors (Lipinski definition) is 4. The molecule has 4 heteroatoms. The highest BCUT2D eigenvalue weighted by Gasteiger charge is 2.34. The van der Waals surface area contributed by atoms with Gasteiger partial charge in [-0.25, -0.2) is 9.97 Å². The summed E-state index contributed by atoms with van der Waals surface area (Å²) in [5.41, 5.74) is 0.0747. The third kappa shape index (κ3) is 2.57. The van der Waals surface area contributed by atoms with E-state index in [0.717, 1.165) is 37.2 Å². The van der Waals surface area contributed by atoms with Gasteiger partial charge in [0.1, 0.15) is 0 Å². The zero-order valence-electron chi connectivity index (χ0n) is 10.5. The Labute approximate surface area is 102 Å². The summed E-state index contributed by atoms with van der Waals surface area (Å²) in [7, 11) is 1.54. The number of hydrogen-bond donors (Lipinski definition) is 1. The Hall–Kier alpha value is -1.16. The van der Waals surface area contributed by atoms with Gasteiger partial charge in [-0.2, -0.15) is 0 Å². The topological polar surface area (TPSA) is 55.2 Å². The summed E-state index contributed by atoms with van der Waals surface area (Å²) < 4.78 is 4.92. The van der Waals surface area contributed by atoms with Crippen LogP contribution in [0.3, 0.4) is 0 Å². The van der Waals surface area contributed by atoms with Crippen molar-refractivity contribution in [3.63, 3.8) is 0 Å². The van der Waals surface area contributed by atoms with Crippen molar-refractivity contribution in [2.24, 2.45) is 5.92 Å². The molecule has 0 aliphatic heterocycles. The zero-order valence-corrected chi connectivity index (χ0v) is 10.5. The predicted octanol–water partition coefficient (Wildman–Crippen LogP) is 2.27. The van der Waals surface area contributed by atoms with Crippen molar-refractivity contribution in [1.29, 1.82) is 0 Å². The van der Waals surface area contributed by atoms with Gasteiger partial charge in [0.05, 0.1) is 12.7 Å². The van der Waals surface area contributed by atoms with Crippen LogP contribution < -0.4 is 4.74 Å². The smallest absolute Gasteiger partial charge is 0.316 e. The van der Waals surface area contributed by atoms with Crippen molar-refractivity contribution in [3.8, 4) is 6.01 Å². The lowest BCUT2D eigenvalue weighted by Crippen LogP contribution is -2.31. The molecule has 0 saturated heterocycles. The second-order valence-electron chi connectivity index (χ2n) is 4.84. The van der Waals surface area contributed by atoms with Crippen LogP contribution in [0.1, 0.15) is 44.6 Å². The highest BCUT2D eigenvalue weighted by molar-refractivity contribution is 5.17. The normalized spacial score (nSPS) is 29.0. The largest absolute Gasteiger partial charge is 0.467 e. The zero-order chi connectivity index (χ0) is 12.3. The average Bonchev–Trinajstić information content (AvgIpc) is 2.40. The Morgan fingerprint density at radius 1 is 1.35 bits per heavy atom. The lowest BCUT2D eigenvalue weighted by atomic mass is 9.75. The van der Waals surface area contributed by atoms with Crippen LogP contribution >= 0.6 is 0 Å². The van der Waals surface area contributed by atoms with Crippen molar-refractivity contribution in [3.05, 3.63) is 18.0 Å². The molecule has 0 radical (unpaired) electrons. The van der Waals surface area contributed by atoms with Gasteiger partial charge in [0.15, 0.2) is 0 Å². The van der Waals surface area contributed by atoms with Crippen LogP contribution in [0.25, 0.3) is 0 Å². The van der Waals surface area contributed by atoms with Gasteiger partial charge in [0, 0.05) is 18.0 Å². The van der Waals surface area contributed by atoms with Crippen molar-refractivity contribution in [2.45, 2.75) is 44.6 Å². The molecule has 1 fully saturated rings. The van der Waals surface area contributed by atoms with Crippen LogP contribution in [0, 0.1) is 5.92 Å². The monoisotopic (exact) mass is 236 g/mol. The first kappa shape index (κ1) is 12.3. The quantitative estimate of drug-likeness (QED) is 0.874. The van der Waals surface area contributed by atoms with E-state index in [4.69, 9.17) is 4.74 Å². The number of aliphatic hydroxyl groups is 1. The van der Waals surface area contributed by atoms with E-state index in [1.54, 1.807) is 12.4 Å². The summed E-state index contributed by atoms with van der Waals surface area (Å²) in [4.78, 5) is 8.13. The van der Waals surface area contributed by atoms with Crippen molar-refractivity contribution >= 4 is 0 Å². The number of aromatic nitrogens is 2. The third-order valence-electron chi connectivity index (χ3n) is 3.86. The molecule has 0 amide bonds. The molecule has 1 aliphatic carbocycles. The summed E-state index contributed by atoms with van der Waals surface area (Å²) >= 11 is 0. The van der Waals surface area contributed by atoms with Crippen LogP contribution in [0.5, 0.6) is 6.01 Å². The molecule has 1 aromatic heterocycles. The van der Waals surface area contributed by atoms with Crippen molar-refractivity contribution < 1.29 is 9.84 Å². The average molecular weight is 236 g/mol. The third-order valence-corrected chi connectivity index (χ3v) is 3.86. The van der Waals surface area contributed by atoms with E-state index in [9.17, 15) is 5.11 Å². The standard InChI is InChI=1S/C13H20N2O2/c1-3-10-4-6-13(16,7-5-10)11-8-14-12(17-2)15-9-11/h8-10,16H,3-7H2,1-2H3. The minimum absolute atomic E-state index is 0.347. The van der Waals surface area contributed by atoms with Gasteiger partial charge < -0.3 is 9.84 Å². The molecule has 1 aromatic rings. The van der Waals surface area contributed by atoms with Gasteiger partial charge >= 0.3 is 6.01 Å². The van der Waals surface area contributed by atoms with E-state index < -0.39 is 5.60 Å². The number of ether oxygens (including phenoxy) is 1. The molecular weight excluding hydrogens is 216 g/mol. The fraction of sp³-hybridized carbons (Fsp3) is 0.692. The molecule has 94 valence electrons. The van der Waals surface area contributed by atoms with E-state index in [2.05, 4.69) is 16.9 Å². The molecule has 0 spiro atoms. The van der Waals surface area contributed by atoms with Crippen molar-refractivity contribution in [2.75, 3.05) is 7.11 Å². The van der Waals surface area contributed by atoms with Gasteiger partial charge in [-0.1, -0.05) is 13.3 Å². The Bertz CT molecular complexity index is 356. The minimum atomic E-state index is -0.738. The fourth-order valence-electron chi connectivity index (χ4n) is 2.51. The van der Waals surface area contributed by atoms with E-state index in [1.807, 2.05) is 0 Å². The van der Waals surface area contributed by atoms with E-state index in [0.29, 0.717) is 6.01 Å². The second kappa shape index (κ2) is 5.00. The minimum Gasteiger partial charge on any atom is -0.467 e. The van der Waals surface area contributed by atoms with E-state index in [-0.39, 0.29) is 0 Å². The van der Waals surface area contributed by atoms with Gasteiger partial charge in [0.25, 0.3) is 0 Å². The van der Waals surface area contributed by atoms with Crippen LogP contribution in [0.15, 0.2) is 12.4 Å². The molecule has 1 saturated carbocycles. The second-order valence-corrected chi connectivity index (χ2v) is 4.84. The summed E-state index contributed by atoms with van der Waals surface area (Å²) in [5, 5.41) is 10.6. The summed E-state index contributed by atoms with van der Waals surface area (Å²) in [6, 6.07) is 0.347. The highest BCUT2D eigenvalue weighted by atomic mass is 16.5. The highest BCUT2D eigenvalue weighted by Crippen LogP contribution is 2.40. The molecule has 17 heavy (non-hydrogen) atoms. The van der Waals surface area contributed by atoms with Crippen LogP contribution in [0.4, 0.5) is 0 Å². The molecule has 2 rings (SSSR count). The Kier molecular flexibility index (Phi) is 3.62. The van der Waals surface area contributed by atoms with Crippen LogP contribution in [0.2, 0.25) is 0 Å². The van der Waals surface area contributed by atoms with Crippen molar-refractivity contribution in [1.82, 2.24) is 9.97 Å². The molecule has 0 atom stereocenters. The molecule has 1 N–H and O–H groups in total. The maximum Gasteiger partial charge on any atom is 0.316 e. The molecule has 1 aliphatic rings. The maximum absolute atomic E-state index is 10.6. The lowest BCUT2D eigenvalue weighted by molar-refractivity contribution is -0.0152.